The van der Waals surface area contributed by atoms with Gasteiger partial charge < -0.3 is 5.32 Å². The smallest absolute Gasteiger partial charge is 0.126 e. The van der Waals surface area contributed by atoms with Gasteiger partial charge in [-0.3, -0.25) is 0 Å². The van der Waals surface area contributed by atoms with Gasteiger partial charge in [0.25, 0.3) is 0 Å². The second kappa shape index (κ2) is 8.16. The number of benzene rings is 2. The maximum Gasteiger partial charge on any atom is 0.126 e. The molecule has 2 aromatic carbocycles. The normalized spacial score (nSPS) is 12.3. The van der Waals surface area contributed by atoms with E-state index in [1.165, 1.54) is 11.6 Å². The van der Waals surface area contributed by atoms with Gasteiger partial charge >= 0.3 is 0 Å². The van der Waals surface area contributed by atoms with E-state index in [4.69, 9.17) is 11.6 Å². The largest absolute Gasteiger partial charge is 0.316 e. The van der Waals surface area contributed by atoms with Crippen LogP contribution in [-0.2, 0) is 6.42 Å². The zero-order chi connectivity index (χ0) is 15.1. The minimum absolute atomic E-state index is 0.172. The third kappa shape index (κ3) is 4.83. The molecule has 21 heavy (non-hydrogen) atoms. The van der Waals surface area contributed by atoms with E-state index >= 15 is 0 Å². The Balaban J connectivity index is 2.07. The molecular formula is C18H21ClFN. The Morgan fingerprint density at radius 1 is 1.14 bits per heavy atom. The van der Waals surface area contributed by atoms with Crippen molar-refractivity contribution in [3.05, 3.63) is 70.5 Å². The molecule has 0 spiro atoms. The summed E-state index contributed by atoms with van der Waals surface area (Å²) >= 11 is 5.95. The molecule has 1 N–H and O–H groups in total. The number of halogens is 2. The van der Waals surface area contributed by atoms with Crippen LogP contribution in [0.15, 0.2) is 48.5 Å². The standard InChI is InChI=1S/C18H21ClFN/c1-2-21-13-16(14-6-4-3-5-7-14)9-8-15-12-17(19)10-11-18(15)20/h3-7,10-12,16,21H,2,8-9,13H2,1H3. The van der Waals surface area contributed by atoms with Gasteiger partial charge in [0.15, 0.2) is 0 Å². The number of likely N-dealkylation sites (N-methyl/N-ethyl adjacent to an activating group) is 1. The van der Waals surface area contributed by atoms with Crippen molar-refractivity contribution in [2.45, 2.75) is 25.7 Å². The van der Waals surface area contributed by atoms with Gasteiger partial charge in [0.1, 0.15) is 5.82 Å². The number of hydrogen-bond donors (Lipinski definition) is 1. The zero-order valence-corrected chi connectivity index (χ0v) is 13.0. The lowest BCUT2D eigenvalue weighted by atomic mass is 9.92. The fraction of sp³-hybridized carbons (Fsp3) is 0.333. The van der Waals surface area contributed by atoms with Crippen LogP contribution in [0, 0.1) is 5.82 Å². The fourth-order valence-corrected chi connectivity index (χ4v) is 2.69. The third-order valence-electron chi connectivity index (χ3n) is 3.68. The summed E-state index contributed by atoms with van der Waals surface area (Å²) in [6.45, 7) is 3.94. The third-order valence-corrected chi connectivity index (χ3v) is 3.92. The molecular weight excluding hydrogens is 285 g/mol. The molecule has 1 unspecified atom stereocenters. The van der Waals surface area contributed by atoms with Crippen molar-refractivity contribution in [1.82, 2.24) is 5.32 Å². The number of nitrogens with one attached hydrogen (secondary N) is 1. The van der Waals surface area contributed by atoms with Crippen molar-refractivity contribution in [3.8, 4) is 0 Å². The average molecular weight is 306 g/mol. The highest BCUT2D eigenvalue weighted by Crippen LogP contribution is 2.23. The molecule has 0 aliphatic heterocycles. The Bertz CT molecular complexity index is 556. The summed E-state index contributed by atoms with van der Waals surface area (Å²) in [6, 6.07) is 15.2. The van der Waals surface area contributed by atoms with Crippen LogP contribution in [0.1, 0.15) is 30.4 Å². The highest BCUT2D eigenvalue weighted by molar-refractivity contribution is 6.30. The van der Waals surface area contributed by atoms with Crippen LogP contribution in [0.3, 0.4) is 0 Å². The maximum absolute atomic E-state index is 13.8. The number of aryl methyl sites for hydroxylation is 1. The van der Waals surface area contributed by atoms with E-state index in [-0.39, 0.29) is 5.82 Å². The molecule has 0 fully saturated rings. The van der Waals surface area contributed by atoms with E-state index in [1.54, 1.807) is 12.1 Å². The zero-order valence-electron chi connectivity index (χ0n) is 12.3. The second-order valence-electron chi connectivity index (χ2n) is 5.19. The summed E-state index contributed by atoms with van der Waals surface area (Å²) in [6.07, 6.45) is 1.59. The summed E-state index contributed by atoms with van der Waals surface area (Å²) in [4.78, 5) is 0. The van der Waals surface area contributed by atoms with Crippen LogP contribution < -0.4 is 5.32 Å². The Morgan fingerprint density at radius 3 is 2.62 bits per heavy atom. The Kier molecular flexibility index (Phi) is 6.21. The first-order valence-corrected chi connectivity index (χ1v) is 7.78. The van der Waals surface area contributed by atoms with E-state index in [0.717, 1.165) is 19.5 Å². The van der Waals surface area contributed by atoms with Gasteiger partial charge in [-0.25, -0.2) is 4.39 Å². The molecule has 0 aromatic heterocycles. The Morgan fingerprint density at radius 2 is 1.90 bits per heavy atom. The molecule has 3 heteroatoms. The molecule has 2 rings (SSSR count). The van der Waals surface area contributed by atoms with Gasteiger partial charge in [0.05, 0.1) is 0 Å². The molecule has 1 nitrogen and oxygen atoms in total. The molecule has 1 atom stereocenters. The fourth-order valence-electron chi connectivity index (χ4n) is 2.49. The minimum atomic E-state index is -0.172. The highest BCUT2D eigenvalue weighted by Gasteiger charge is 2.12. The van der Waals surface area contributed by atoms with Gasteiger partial charge in [0.2, 0.25) is 0 Å². The Hall–Kier alpha value is -1.38. The monoisotopic (exact) mass is 305 g/mol. The lowest BCUT2D eigenvalue weighted by Gasteiger charge is -2.18. The van der Waals surface area contributed by atoms with Gasteiger partial charge in [-0.1, -0.05) is 48.9 Å². The lowest BCUT2D eigenvalue weighted by molar-refractivity contribution is 0.547. The maximum atomic E-state index is 13.8. The minimum Gasteiger partial charge on any atom is -0.316 e. The summed E-state index contributed by atoms with van der Waals surface area (Å²) in [7, 11) is 0. The van der Waals surface area contributed by atoms with Crippen molar-refractivity contribution >= 4 is 11.6 Å². The first kappa shape index (κ1) is 16.0. The molecule has 2 aromatic rings. The summed E-state index contributed by atoms with van der Waals surface area (Å²) in [5.74, 6) is 0.208. The van der Waals surface area contributed by atoms with Crippen LogP contribution in [0.4, 0.5) is 4.39 Å². The van der Waals surface area contributed by atoms with Crippen molar-refractivity contribution in [2.75, 3.05) is 13.1 Å². The lowest BCUT2D eigenvalue weighted by Crippen LogP contribution is -2.21. The summed E-state index contributed by atoms with van der Waals surface area (Å²) in [5, 5.41) is 3.98. The molecule has 0 aliphatic rings. The topological polar surface area (TPSA) is 12.0 Å². The molecule has 0 saturated carbocycles. The van der Waals surface area contributed by atoms with Gasteiger partial charge in [-0.2, -0.15) is 0 Å². The van der Waals surface area contributed by atoms with Gasteiger partial charge in [0, 0.05) is 11.6 Å². The molecule has 0 radical (unpaired) electrons. The van der Waals surface area contributed by atoms with Crippen LogP contribution in [0.25, 0.3) is 0 Å². The van der Waals surface area contributed by atoms with Crippen LogP contribution in [0.2, 0.25) is 5.02 Å². The summed E-state index contributed by atoms with van der Waals surface area (Å²) in [5.41, 5.74) is 1.99. The Labute approximate surface area is 131 Å². The van der Waals surface area contributed by atoms with Crippen LogP contribution in [-0.4, -0.2) is 13.1 Å². The van der Waals surface area contributed by atoms with Crippen molar-refractivity contribution in [2.24, 2.45) is 0 Å². The van der Waals surface area contributed by atoms with Gasteiger partial charge in [-0.05, 0) is 54.6 Å². The van der Waals surface area contributed by atoms with Crippen molar-refractivity contribution in [3.63, 3.8) is 0 Å². The molecule has 0 saturated heterocycles. The number of rotatable bonds is 7. The quantitative estimate of drug-likeness (QED) is 0.774. The molecule has 0 aliphatic carbocycles. The predicted octanol–water partition coefficient (Wildman–Crippen LogP) is 4.81. The number of hydrogen-bond acceptors (Lipinski definition) is 1. The van der Waals surface area contributed by atoms with E-state index in [9.17, 15) is 4.39 Å². The summed E-state index contributed by atoms with van der Waals surface area (Å²) < 4.78 is 13.8. The second-order valence-corrected chi connectivity index (χ2v) is 5.63. The molecule has 0 bridgehead atoms. The molecule has 112 valence electrons. The van der Waals surface area contributed by atoms with Gasteiger partial charge in [-0.15, -0.1) is 0 Å². The SMILES string of the molecule is CCNCC(CCc1cc(Cl)ccc1F)c1ccccc1. The van der Waals surface area contributed by atoms with Crippen LogP contribution >= 0.6 is 11.6 Å². The highest BCUT2D eigenvalue weighted by atomic mass is 35.5. The average Bonchev–Trinajstić information content (AvgIpc) is 2.51. The predicted molar refractivity (Wildman–Crippen MR) is 87.5 cm³/mol. The van der Waals surface area contributed by atoms with Crippen molar-refractivity contribution in [1.29, 1.82) is 0 Å². The van der Waals surface area contributed by atoms with E-state index in [1.807, 2.05) is 18.2 Å². The first-order valence-electron chi connectivity index (χ1n) is 7.40. The first-order chi connectivity index (χ1) is 10.2. The van der Waals surface area contributed by atoms with Crippen LogP contribution in [0.5, 0.6) is 0 Å². The van der Waals surface area contributed by atoms with E-state index in [0.29, 0.717) is 22.9 Å². The van der Waals surface area contributed by atoms with E-state index in [2.05, 4.69) is 24.4 Å². The molecule has 0 heterocycles. The molecule has 0 amide bonds. The van der Waals surface area contributed by atoms with E-state index < -0.39 is 0 Å². The van der Waals surface area contributed by atoms with Crippen molar-refractivity contribution < 1.29 is 4.39 Å².